The summed E-state index contributed by atoms with van der Waals surface area (Å²) in [4.78, 5) is 2.38. The molecule has 1 aliphatic heterocycles. The third kappa shape index (κ3) is 2.99. The lowest BCUT2D eigenvalue weighted by Gasteiger charge is -2.33. The maximum atomic E-state index is 6.38. The molecule has 2 rings (SSSR count). The Morgan fingerprint density at radius 3 is 2.65 bits per heavy atom. The maximum Gasteiger partial charge on any atom is 0.0337 e. The van der Waals surface area contributed by atoms with E-state index in [-0.39, 0.29) is 6.04 Å². The summed E-state index contributed by atoms with van der Waals surface area (Å²) in [7, 11) is 4.12. The van der Waals surface area contributed by atoms with Gasteiger partial charge in [0.25, 0.3) is 0 Å². The van der Waals surface area contributed by atoms with Crippen LogP contribution < -0.4 is 11.1 Å². The minimum atomic E-state index is 0.170. The van der Waals surface area contributed by atoms with Gasteiger partial charge in [0, 0.05) is 25.3 Å². The number of nitrogens with one attached hydrogen (secondary N) is 1. The zero-order chi connectivity index (χ0) is 12.3. The summed E-state index contributed by atoms with van der Waals surface area (Å²) in [6.07, 6.45) is 2.52. The molecule has 1 aliphatic rings. The van der Waals surface area contributed by atoms with Crippen molar-refractivity contribution in [3.8, 4) is 0 Å². The molecule has 0 amide bonds. The molecule has 1 aromatic carbocycles. The molecule has 1 heterocycles. The van der Waals surface area contributed by atoms with Crippen LogP contribution in [0.5, 0.6) is 0 Å². The first kappa shape index (κ1) is 12.4. The van der Waals surface area contributed by atoms with Crippen LogP contribution in [0.4, 0.5) is 5.69 Å². The largest absolute Gasteiger partial charge is 0.388 e. The Morgan fingerprint density at radius 1 is 1.35 bits per heavy atom. The third-order valence-corrected chi connectivity index (χ3v) is 3.75. The number of hydrogen-bond donors (Lipinski definition) is 2. The molecule has 94 valence electrons. The molecule has 0 radical (unpaired) electrons. The molecular formula is C14H23N3. The number of nitrogens with zero attached hydrogens (tertiary/aromatic N) is 1. The summed E-state index contributed by atoms with van der Waals surface area (Å²) >= 11 is 0. The molecule has 0 spiro atoms. The number of rotatable bonds is 3. The van der Waals surface area contributed by atoms with E-state index in [0.29, 0.717) is 5.92 Å². The first-order valence-corrected chi connectivity index (χ1v) is 6.42. The summed E-state index contributed by atoms with van der Waals surface area (Å²) in [5.41, 5.74) is 8.77. The minimum Gasteiger partial charge on any atom is -0.388 e. The first-order valence-electron chi connectivity index (χ1n) is 6.42. The van der Waals surface area contributed by atoms with Crippen LogP contribution in [0.25, 0.3) is 0 Å². The Labute approximate surface area is 104 Å². The van der Waals surface area contributed by atoms with Crippen LogP contribution in [-0.4, -0.2) is 32.1 Å². The fourth-order valence-corrected chi connectivity index (χ4v) is 2.64. The van der Waals surface area contributed by atoms with Gasteiger partial charge in [-0.3, -0.25) is 0 Å². The van der Waals surface area contributed by atoms with Crippen molar-refractivity contribution in [1.29, 1.82) is 0 Å². The van der Waals surface area contributed by atoms with Crippen LogP contribution in [0, 0.1) is 5.92 Å². The lowest BCUT2D eigenvalue weighted by atomic mass is 9.87. The van der Waals surface area contributed by atoms with Gasteiger partial charge in [-0.25, -0.2) is 0 Å². The molecule has 3 nitrogen and oxygen atoms in total. The maximum absolute atomic E-state index is 6.38. The van der Waals surface area contributed by atoms with E-state index in [1.807, 2.05) is 7.05 Å². The van der Waals surface area contributed by atoms with E-state index in [1.54, 1.807) is 0 Å². The molecule has 3 heteroatoms. The summed E-state index contributed by atoms with van der Waals surface area (Å²) in [6, 6.07) is 8.66. The van der Waals surface area contributed by atoms with Crippen molar-refractivity contribution in [2.24, 2.45) is 11.7 Å². The Bertz CT molecular complexity index is 347. The molecule has 2 unspecified atom stereocenters. The highest BCUT2D eigenvalue weighted by Crippen LogP contribution is 2.27. The highest BCUT2D eigenvalue weighted by atomic mass is 15.1. The Morgan fingerprint density at radius 2 is 2.06 bits per heavy atom. The highest BCUT2D eigenvalue weighted by molar-refractivity contribution is 5.44. The average molecular weight is 233 g/mol. The van der Waals surface area contributed by atoms with Gasteiger partial charge in [0.05, 0.1) is 0 Å². The van der Waals surface area contributed by atoms with Crippen LogP contribution in [-0.2, 0) is 0 Å². The van der Waals surface area contributed by atoms with Gasteiger partial charge in [0.2, 0.25) is 0 Å². The summed E-state index contributed by atoms with van der Waals surface area (Å²) in [6.45, 7) is 2.33. The van der Waals surface area contributed by atoms with Crippen molar-refractivity contribution in [1.82, 2.24) is 4.90 Å². The van der Waals surface area contributed by atoms with Crippen molar-refractivity contribution in [2.45, 2.75) is 18.9 Å². The predicted octanol–water partition coefficient (Wildman–Crippen LogP) is 2.07. The fourth-order valence-electron chi connectivity index (χ4n) is 2.64. The van der Waals surface area contributed by atoms with Crippen LogP contribution in [0.15, 0.2) is 24.3 Å². The highest BCUT2D eigenvalue weighted by Gasteiger charge is 2.24. The molecule has 2 atom stereocenters. The predicted molar refractivity (Wildman–Crippen MR) is 73.1 cm³/mol. The minimum absolute atomic E-state index is 0.170. The third-order valence-electron chi connectivity index (χ3n) is 3.75. The fraction of sp³-hybridized carbons (Fsp3) is 0.571. The van der Waals surface area contributed by atoms with Crippen molar-refractivity contribution in [3.05, 3.63) is 29.8 Å². The van der Waals surface area contributed by atoms with Crippen LogP contribution in [0.3, 0.4) is 0 Å². The van der Waals surface area contributed by atoms with Gasteiger partial charge in [0.1, 0.15) is 0 Å². The van der Waals surface area contributed by atoms with Crippen LogP contribution in [0.2, 0.25) is 0 Å². The Kier molecular flexibility index (Phi) is 4.02. The molecule has 0 saturated carbocycles. The number of anilines is 1. The monoisotopic (exact) mass is 233 g/mol. The van der Waals surface area contributed by atoms with Crippen molar-refractivity contribution in [2.75, 3.05) is 32.5 Å². The normalized spacial score (nSPS) is 23.4. The van der Waals surface area contributed by atoms with E-state index in [9.17, 15) is 0 Å². The van der Waals surface area contributed by atoms with Gasteiger partial charge < -0.3 is 16.0 Å². The van der Waals surface area contributed by atoms with E-state index in [4.69, 9.17) is 5.73 Å². The molecular weight excluding hydrogens is 210 g/mol. The molecule has 3 N–H and O–H groups in total. The second kappa shape index (κ2) is 5.52. The average Bonchev–Trinajstić information content (AvgIpc) is 2.38. The van der Waals surface area contributed by atoms with Gasteiger partial charge >= 0.3 is 0 Å². The smallest absolute Gasteiger partial charge is 0.0337 e. The SMILES string of the molecule is CNc1ccc(C(N)C2CCCN(C)C2)cc1. The Balaban J connectivity index is 2.04. The summed E-state index contributed by atoms with van der Waals surface area (Å²) in [5.74, 6) is 0.592. The van der Waals surface area contributed by atoms with Gasteiger partial charge in [-0.05, 0) is 50.0 Å². The Hall–Kier alpha value is -1.06. The van der Waals surface area contributed by atoms with Crippen molar-refractivity contribution in [3.63, 3.8) is 0 Å². The molecule has 1 fully saturated rings. The molecule has 0 bridgehead atoms. The summed E-state index contributed by atoms with van der Waals surface area (Å²) in [5, 5.41) is 3.13. The molecule has 1 saturated heterocycles. The van der Waals surface area contributed by atoms with Crippen LogP contribution in [0.1, 0.15) is 24.4 Å². The van der Waals surface area contributed by atoms with E-state index < -0.39 is 0 Å². The standard InChI is InChI=1S/C14H23N3/c1-16-13-7-5-11(6-8-13)14(15)12-4-3-9-17(2)10-12/h5-8,12,14,16H,3-4,9-10,15H2,1-2H3. The number of likely N-dealkylation sites (tertiary alicyclic amines) is 1. The molecule has 0 aromatic heterocycles. The second-order valence-electron chi connectivity index (χ2n) is 5.06. The zero-order valence-corrected chi connectivity index (χ0v) is 10.8. The molecule has 0 aliphatic carbocycles. The summed E-state index contributed by atoms with van der Waals surface area (Å²) < 4.78 is 0. The van der Waals surface area contributed by atoms with Crippen molar-refractivity contribution >= 4 is 5.69 Å². The number of piperidine rings is 1. The lowest BCUT2D eigenvalue weighted by Crippen LogP contribution is -2.37. The number of nitrogens with two attached hydrogens (primary N) is 1. The quantitative estimate of drug-likeness (QED) is 0.840. The first-order chi connectivity index (χ1) is 8.20. The van der Waals surface area contributed by atoms with Crippen molar-refractivity contribution < 1.29 is 0 Å². The van der Waals surface area contributed by atoms with E-state index in [0.717, 1.165) is 12.2 Å². The van der Waals surface area contributed by atoms with E-state index >= 15 is 0 Å². The lowest BCUT2D eigenvalue weighted by molar-refractivity contribution is 0.188. The molecule has 1 aromatic rings. The van der Waals surface area contributed by atoms with E-state index in [2.05, 4.69) is 41.5 Å². The number of benzene rings is 1. The second-order valence-corrected chi connectivity index (χ2v) is 5.06. The zero-order valence-electron chi connectivity index (χ0n) is 10.8. The van der Waals surface area contributed by atoms with Crippen LogP contribution >= 0.6 is 0 Å². The van der Waals surface area contributed by atoms with Gasteiger partial charge in [-0.2, -0.15) is 0 Å². The van der Waals surface area contributed by atoms with Gasteiger partial charge in [-0.1, -0.05) is 12.1 Å². The number of hydrogen-bond acceptors (Lipinski definition) is 3. The topological polar surface area (TPSA) is 41.3 Å². The molecule has 17 heavy (non-hydrogen) atoms. The van der Waals surface area contributed by atoms with E-state index in [1.165, 1.54) is 24.9 Å². The van der Waals surface area contributed by atoms with Gasteiger partial charge in [0.15, 0.2) is 0 Å². The van der Waals surface area contributed by atoms with Gasteiger partial charge in [-0.15, -0.1) is 0 Å².